The van der Waals surface area contributed by atoms with Crippen molar-refractivity contribution in [3.8, 4) is 11.3 Å². The van der Waals surface area contributed by atoms with E-state index in [1.807, 2.05) is 13.8 Å². The molecule has 1 aromatic carbocycles. The summed E-state index contributed by atoms with van der Waals surface area (Å²) < 4.78 is 57.6. The van der Waals surface area contributed by atoms with E-state index in [1.165, 1.54) is 46.5 Å². The summed E-state index contributed by atoms with van der Waals surface area (Å²) in [6.45, 7) is 14.8. The molecule has 2 aliphatic heterocycles. The SMILES string of the molecule is C=CC(=O)N1CCC(C(=O)N(C)C(C(=O)NC(Cc2cccc(N(C=O)/C=C\c3c(C)c(CC(C)(C)COC=O)c(-c4cnn(C)c4C(C)OC)n3CC(F)(F)F)c2)C(=O)N2CCCCN2)C(C)C)C1. The molecule has 2 aromatic heterocycles. The van der Waals surface area contributed by atoms with Gasteiger partial charge in [-0.2, -0.15) is 18.3 Å². The molecule has 2 saturated heterocycles. The molecule has 0 bridgehead atoms. The number of anilines is 1. The fraction of sp³-hybridized carbons (Fsp3) is 0.540. The van der Waals surface area contributed by atoms with E-state index in [-0.39, 0.29) is 55.1 Å². The van der Waals surface area contributed by atoms with Crippen LogP contribution in [0, 0.1) is 24.2 Å². The lowest BCUT2D eigenvalue weighted by atomic mass is 9.84. The summed E-state index contributed by atoms with van der Waals surface area (Å²) in [7, 11) is 4.72. The second-order valence-corrected chi connectivity index (χ2v) is 19.2. The number of hydrazine groups is 1. The van der Waals surface area contributed by atoms with Crippen molar-refractivity contribution in [3.05, 3.63) is 77.4 Å². The highest BCUT2D eigenvalue weighted by atomic mass is 19.4. The van der Waals surface area contributed by atoms with E-state index < -0.39 is 54.1 Å². The molecule has 4 heterocycles. The van der Waals surface area contributed by atoms with Crippen LogP contribution in [0.2, 0.25) is 0 Å². The number of aryl methyl sites for hydroxylation is 1. The Hall–Kier alpha value is -6.28. The number of rotatable bonds is 22. The van der Waals surface area contributed by atoms with Crippen LogP contribution in [0.25, 0.3) is 17.3 Å². The molecule has 17 nitrogen and oxygen atoms in total. The van der Waals surface area contributed by atoms with Crippen LogP contribution in [0.5, 0.6) is 0 Å². The number of nitrogens with one attached hydrogen (secondary N) is 2. The first-order valence-electron chi connectivity index (χ1n) is 23.5. The highest BCUT2D eigenvalue weighted by Gasteiger charge is 2.40. The minimum absolute atomic E-state index is 0.00547. The number of nitrogens with zero attached hydrogens (tertiary/aromatic N) is 7. The molecule has 5 rings (SSSR count). The summed E-state index contributed by atoms with van der Waals surface area (Å²) in [4.78, 5) is 82.9. The summed E-state index contributed by atoms with van der Waals surface area (Å²) in [5, 5.41) is 8.82. The summed E-state index contributed by atoms with van der Waals surface area (Å²) >= 11 is 0. The minimum atomic E-state index is -4.68. The van der Waals surface area contributed by atoms with E-state index in [2.05, 4.69) is 22.4 Å². The third kappa shape index (κ3) is 13.1. The van der Waals surface area contributed by atoms with Gasteiger partial charge in [0, 0.05) is 82.4 Å². The standard InChI is InChI=1S/C50H68F3N9O8/c1-11-42(65)59-21-17-36(27-59)47(67)57(8)43(32(2)3)46(66)56-40(48(68)62-20-13-12-19-54-62)24-35-15-14-16-37(23-35)60(30-63)22-18-41-33(4)38(25-49(6,7)29-70-31-64)45(61(41)28-50(51,52)53)39-26-55-58(9)44(39)34(5)69-10/h11,14-16,18,22-23,26,30-32,34,36,40,43,54H,1,12-13,17,19-21,24-25,27-29H2,2-10H3,(H,56,66)/b22-18-. The first-order chi connectivity index (χ1) is 33.1. The van der Waals surface area contributed by atoms with Gasteiger partial charge >= 0.3 is 6.18 Å². The Morgan fingerprint density at radius 1 is 1.10 bits per heavy atom. The molecule has 3 aromatic rings. The molecule has 2 fully saturated rings. The van der Waals surface area contributed by atoms with Crippen molar-refractivity contribution in [3.63, 3.8) is 0 Å². The number of likely N-dealkylation sites (N-methyl/N-ethyl adjacent to an activating group) is 1. The number of alkyl halides is 3. The number of halogens is 3. The lowest BCUT2D eigenvalue weighted by Gasteiger charge is -2.35. The van der Waals surface area contributed by atoms with Gasteiger partial charge in [-0.1, -0.05) is 46.4 Å². The van der Waals surface area contributed by atoms with E-state index in [1.54, 1.807) is 75.6 Å². The van der Waals surface area contributed by atoms with Crippen LogP contribution in [0.15, 0.2) is 49.3 Å². The van der Waals surface area contributed by atoms with E-state index in [0.717, 1.165) is 17.4 Å². The molecule has 0 saturated carbocycles. The van der Waals surface area contributed by atoms with Gasteiger partial charge < -0.3 is 29.2 Å². The number of carbonyl (C=O) groups excluding carboxylic acids is 6. The Bertz CT molecular complexity index is 2400. The first-order valence-corrected chi connectivity index (χ1v) is 23.5. The summed E-state index contributed by atoms with van der Waals surface area (Å²) in [5.74, 6) is -2.40. The largest absolute Gasteiger partial charge is 0.467 e. The van der Waals surface area contributed by atoms with E-state index in [4.69, 9.17) is 9.47 Å². The van der Waals surface area contributed by atoms with Crippen LogP contribution >= 0.6 is 0 Å². The number of likely N-dealkylation sites (tertiary alicyclic amines) is 1. The lowest BCUT2D eigenvalue weighted by molar-refractivity contribution is -0.145. The molecule has 5 amide bonds. The fourth-order valence-electron chi connectivity index (χ4n) is 9.49. The monoisotopic (exact) mass is 980 g/mol. The fourth-order valence-corrected chi connectivity index (χ4v) is 9.49. The topological polar surface area (TPSA) is 181 Å². The maximum atomic E-state index is 14.7. The quantitative estimate of drug-likeness (QED) is 0.0963. The Labute approximate surface area is 407 Å². The van der Waals surface area contributed by atoms with Gasteiger partial charge in [0.2, 0.25) is 24.1 Å². The van der Waals surface area contributed by atoms with Crippen molar-refractivity contribution >= 4 is 48.3 Å². The molecule has 0 spiro atoms. The average Bonchev–Trinajstić information content (AvgIpc) is 4.03. The van der Waals surface area contributed by atoms with Crippen molar-refractivity contribution in [1.82, 2.24) is 39.9 Å². The van der Waals surface area contributed by atoms with Gasteiger partial charge in [0.25, 0.3) is 12.4 Å². The third-order valence-electron chi connectivity index (χ3n) is 13.0. The number of benzene rings is 1. The highest BCUT2D eigenvalue weighted by Crippen LogP contribution is 2.41. The maximum absolute atomic E-state index is 14.7. The molecule has 4 atom stereocenters. The lowest BCUT2D eigenvalue weighted by Crippen LogP contribution is -2.59. The van der Waals surface area contributed by atoms with E-state index in [0.29, 0.717) is 72.6 Å². The van der Waals surface area contributed by atoms with Crippen LogP contribution in [-0.2, 0) is 64.7 Å². The Morgan fingerprint density at radius 2 is 1.83 bits per heavy atom. The maximum Gasteiger partial charge on any atom is 0.406 e. The van der Waals surface area contributed by atoms with Crippen LogP contribution < -0.4 is 15.6 Å². The van der Waals surface area contributed by atoms with Crippen molar-refractivity contribution in [2.45, 2.75) is 105 Å². The van der Waals surface area contributed by atoms with E-state index >= 15 is 0 Å². The first kappa shape index (κ1) is 54.7. The van der Waals surface area contributed by atoms with Crippen LogP contribution in [-0.4, -0.2) is 131 Å². The number of carbonyl (C=O) groups is 6. The van der Waals surface area contributed by atoms with Gasteiger partial charge in [0.1, 0.15) is 18.6 Å². The second kappa shape index (κ2) is 23.6. The molecule has 20 heteroatoms. The predicted molar refractivity (Wildman–Crippen MR) is 257 cm³/mol. The van der Waals surface area contributed by atoms with Gasteiger partial charge in [-0.05, 0) is 86.4 Å². The van der Waals surface area contributed by atoms with Crippen molar-refractivity contribution in [1.29, 1.82) is 0 Å². The molecule has 382 valence electrons. The summed E-state index contributed by atoms with van der Waals surface area (Å²) in [6.07, 6.45) is 3.01. The average molecular weight is 980 g/mol. The van der Waals surface area contributed by atoms with Crippen molar-refractivity contribution in [2.24, 2.45) is 24.3 Å². The number of hydrogen-bond acceptors (Lipinski definition) is 10. The molecule has 2 N–H and O–H groups in total. The van der Waals surface area contributed by atoms with Gasteiger partial charge in [0.05, 0.1) is 36.2 Å². The van der Waals surface area contributed by atoms with Crippen LogP contribution in [0.3, 0.4) is 0 Å². The number of methoxy groups -OCH3 is 1. The molecule has 0 aliphatic carbocycles. The smallest absolute Gasteiger partial charge is 0.406 e. The normalized spacial score (nSPS) is 16.8. The van der Waals surface area contributed by atoms with Crippen LogP contribution in [0.1, 0.15) is 88.1 Å². The molecule has 70 heavy (non-hydrogen) atoms. The van der Waals surface area contributed by atoms with Gasteiger partial charge in [0.15, 0.2) is 0 Å². The van der Waals surface area contributed by atoms with Gasteiger partial charge in [-0.3, -0.25) is 43.4 Å². The Balaban J connectivity index is 1.51. The highest BCUT2D eigenvalue weighted by molar-refractivity contribution is 5.93. The third-order valence-corrected chi connectivity index (χ3v) is 13.0. The zero-order valence-electron chi connectivity index (χ0n) is 41.7. The summed E-state index contributed by atoms with van der Waals surface area (Å²) in [6, 6.07) is 4.61. The second-order valence-electron chi connectivity index (χ2n) is 19.2. The molecular weight excluding hydrogens is 912 g/mol. The zero-order valence-corrected chi connectivity index (χ0v) is 41.7. The summed E-state index contributed by atoms with van der Waals surface area (Å²) in [5.41, 5.74) is 5.70. The minimum Gasteiger partial charge on any atom is -0.467 e. The molecular formula is C50H68F3N9O8. The van der Waals surface area contributed by atoms with E-state index in [9.17, 15) is 41.9 Å². The molecule has 4 unspecified atom stereocenters. The number of aromatic nitrogens is 3. The number of hydrogen-bond donors (Lipinski definition) is 2. The molecule has 2 aliphatic rings. The predicted octanol–water partition coefficient (Wildman–Crippen LogP) is 5.51. The Kier molecular flexibility index (Phi) is 18.4. The van der Waals surface area contributed by atoms with Gasteiger partial charge in [-0.25, -0.2) is 5.43 Å². The molecule has 0 radical (unpaired) electrons. The van der Waals surface area contributed by atoms with Crippen molar-refractivity contribution < 1.29 is 51.4 Å². The number of amides is 5. The number of ether oxygens (including phenoxy) is 2. The Morgan fingerprint density at radius 3 is 2.44 bits per heavy atom. The zero-order chi connectivity index (χ0) is 51.7. The van der Waals surface area contributed by atoms with Crippen LogP contribution in [0.4, 0.5) is 18.9 Å². The van der Waals surface area contributed by atoms with Crippen molar-refractivity contribution in [2.75, 3.05) is 51.8 Å². The van der Waals surface area contributed by atoms with Gasteiger partial charge in [-0.15, -0.1) is 0 Å².